The third-order valence-corrected chi connectivity index (χ3v) is 3.33. The third-order valence-electron chi connectivity index (χ3n) is 3.33. The highest BCUT2D eigenvalue weighted by molar-refractivity contribution is 5.34. The Morgan fingerprint density at radius 2 is 1.89 bits per heavy atom. The molecule has 0 saturated carbocycles. The van der Waals surface area contributed by atoms with Gasteiger partial charge in [-0.2, -0.15) is 0 Å². The van der Waals surface area contributed by atoms with Crippen LogP contribution in [0.5, 0.6) is 5.75 Å². The summed E-state index contributed by atoms with van der Waals surface area (Å²) in [5.74, 6) is 0.920. The highest BCUT2D eigenvalue weighted by Crippen LogP contribution is 2.39. The van der Waals surface area contributed by atoms with Crippen molar-refractivity contribution in [1.82, 2.24) is 0 Å². The zero-order valence-corrected chi connectivity index (χ0v) is 11.5. The maximum absolute atomic E-state index is 6.17. The molecule has 1 aromatic rings. The first kappa shape index (κ1) is 13.4. The van der Waals surface area contributed by atoms with Crippen molar-refractivity contribution >= 4 is 0 Å². The molecular weight excluding hydrogens is 226 g/mol. The molecule has 0 unspecified atom stereocenters. The Morgan fingerprint density at radius 3 is 2.28 bits per heavy atom. The molecule has 1 saturated heterocycles. The lowest BCUT2D eigenvalue weighted by Crippen LogP contribution is -2.53. The Morgan fingerprint density at radius 1 is 1.28 bits per heavy atom. The lowest BCUT2D eigenvalue weighted by atomic mass is 9.71. The molecule has 2 rings (SSSR count). The van der Waals surface area contributed by atoms with Crippen molar-refractivity contribution in [3.05, 3.63) is 29.8 Å². The minimum Gasteiger partial charge on any atom is -0.494 e. The molecule has 1 heterocycles. The van der Waals surface area contributed by atoms with E-state index in [1.54, 1.807) is 0 Å². The van der Waals surface area contributed by atoms with Crippen LogP contribution in [0.15, 0.2) is 24.3 Å². The fraction of sp³-hybridized carbons (Fsp3) is 0.600. The average Bonchev–Trinajstić information content (AvgIpc) is 2.24. The first-order chi connectivity index (χ1) is 8.45. The minimum absolute atomic E-state index is 0.0863. The molecule has 1 aliphatic rings. The van der Waals surface area contributed by atoms with E-state index in [-0.39, 0.29) is 11.0 Å². The van der Waals surface area contributed by atoms with E-state index in [9.17, 15) is 0 Å². The molecule has 18 heavy (non-hydrogen) atoms. The Labute approximate surface area is 109 Å². The summed E-state index contributed by atoms with van der Waals surface area (Å²) in [5.41, 5.74) is 7.38. The van der Waals surface area contributed by atoms with Gasteiger partial charge < -0.3 is 15.2 Å². The van der Waals surface area contributed by atoms with E-state index in [0.29, 0.717) is 6.61 Å². The molecule has 2 N–H and O–H groups in total. The van der Waals surface area contributed by atoms with E-state index in [0.717, 1.165) is 25.4 Å². The Kier molecular flexibility index (Phi) is 3.64. The molecule has 0 amide bonds. The molecule has 0 aliphatic carbocycles. The molecule has 0 aromatic heterocycles. The molecule has 3 heteroatoms. The van der Waals surface area contributed by atoms with Gasteiger partial charge in [0.25, 0.3) is 0 Å². The second-order valence-corrected chi connectivity index (χ2v) is 5.90. The standard InChI is InChI=1S/C15H23NO2/c1-4-18-13-7-5-12(6-8-13)15(10-17-11-15)9-14(2,3)16/h5-8H,4,9-11,16H2,1-3H3. The second kappa shape index (κ2) is 4.90. The van der Waals surface area contributed by atoms with Crippen molar-refractivity contribution in [3.8, 4) is 5.75 Å². The number of hydrogen-bond acceptors (Lipinski definition) is 3. The maximum atomic E-state index is 6.17. The van der Waals surface area contributed by atoms with Gasteiger partial charge in [0.2, 0.25) is 0 Å². The summed E-state index contributed by atoms with van der Waals surface area (Å²) >= 11 is 0. The van der Waals surface area contributed by atoms with Gasteiger partial charge in [-0.15, -0.1) is 0 Å². The van der Waals surface area contributed by atoms with Crippen molar-refractivity contribution in [3.63, 3.8) is 0 Å². The highest BCUT2D eigenvalue weighted by Gasteiger charge is 2.43. The van der Waals surface area contributed by atoms with Crippen LogP contribution in [0, 0.1) is 0 Å². The van der Waals surface area contributed by atoms with Crippen molar-refractivity contribution in [2.75, 3.05) is 19.8 Å². The van der Waals surface area contributed by atoms with Gasteiger partial charge in [-0.25, -0.2) is 0 Å². The Hall–Kier alpha value is -1.06. The summed E-state index contributed by atoms with van der Waals surface area (Å²) in [5, 5.41) is 0. The lowest BCUT2D eigenvalue weighted by Gasteiger charge is -2.45. The van der Waals surface area contributed by atoms with Crippen LogP contribution in [0.2, 0.25) is 0 Å². The SMILES string of the molecule is CCOc1ccc(C2(CC(C)(C)N)COC2)cc1. The summed E-state index contributed by atoms with van der Waals surface area (Å²) in [6.07, 6.45) is 0.938. The number of ether oxygens (including phenoxy) is 2. The third kappa shape index (κ3) is 2.85. The minimum atomic E-state index is -0.178. The van der Waals surface area contributed by atoms with Crippen LogP contribution < -0.4 is 10.5 Å². The van der Waals surface area contributed by atoms with Crippen LogP contribution in [-0.2, 0) is 10.2 Å². The number of nitrogens with two attached hydrogens (primary N) is 1. The van der Waals surface area contributed by atoms with E-state index in [2.05, 4.69) is 26.0 Å². The Bertz CT molecular complexity index is 388. The van der Waals surface area contributed by atoms with Gasteiger partial charge in [0, 0.05) is 11.0 Å². The first-order valence-corrected chi connectivity index (χ1v) is 6.55. The van der Waals surface area contributed by atoms with Gasteiger partial charge in [0.05, 0.1) is 19.8 Å². The van der Waals surface area contributed by atoms with Crippen molar-refractivity contribution in [2.24, 2.45) is 5.73 Å². The predicted molar refractivity (Wildman–Crippen MR) is 73.0 cm³/mol. The average molecular weight is 249 g/mol. The molecule has 0 radical (unpaired) electrons. The van der Waals surface area contributed by atoms with Crippen molar-refractivity contribution in [2.45, 2.75) is 38.1 Å². The summed E-state index contributed by atoms with van der Waals surface area (Å²) in [7, 11) is 0. The number of hydrogen-bond donors (Lipinski definition) is 1. The quantitative estimate of drug-likeness (QED) is 0.872. The van der Waals surface area contributed by atoms with E-state index in [1.165, 1.54) is 5.56 Å². The van der Waals surface area contributed by atoms with Crippen molar-refractivity contribution < 1.29 is 9.47 Å². The molecule has 100 valence electrons. The molecule has 0 bridgehead atoms. The summed E-state index contributed by atoms with van der Waals surface area (Å²) in [6, 6.07) is 8.34. The summed E-state index contributed by atoms with van der Waals surface area (Å²) < 4.78 is 10.9. The van der Waals surface area contributed by atoms with Crippen LogP contribution in [0.25, 0.3) is 0 Å². The molecule has 0 spiro atoms. The van der Waals surface area contributed by atoms with Gasteiger partial charge in [0.15, 0.2) is 0 Å². The maximum Gasteiger partial charge on any atom is 0.119 e. The monoisotopic (exact) mass is 249 g/mol. The number of rotatable bonds is 5. The smallest absolute Gasteiger partial charge is 0.119 e. The van der Waals surface area contributed by atoms with Crippen LogP contribution in [0.4, 0.5) is 0 Å². The molecule has 1 aromatic carbocycles. The molecule has 0 atom stereocenters. The van der Waals surface area contributed by atoms with Crippen LogP contribution in [0.3, 0.4) is 0 Å². The largest absolute Gasteiger partial charge is 0.494 e. The molecular formula is C15H23NO2. The van der Waals surface area contributed by atoms with E-state index >= 15 is 0 Å². The van der Waals surface area contributed by atoms with E-state index in [4.69, 9.17) is 15.2 Å². The van der Waals surface area contributed by atoms with Crippen LogP contribution >= 0.6 is 0 Å². The van der Waals surface area contributed by atoms with Crippen LogP contribution in [-0.4, -0.2) is 25.4 Å². The zero-order chi connectivity index (χ0) is 13.2. The Balaban J connectivity index is 2.17. The van der Waals surface area contributed by atoms with Gasteiger partial charge in [0.1, 0.15) is 5.75 Å². The van der Waals surface area contributed by atoms with E-state index < -0.39 is 0 Å². The van der Waals surface area contributed by atoms with Gasteiger partial charge in [-0.05, 0) is 44.9 Å². The second-order valence-electron chi connectivity index (χ2n) is 5.90. The highest BCUT2D eigenvalue weighted by atomic mass is 16.5. The van der Waals surface area contributed by atoms with Crippen LogP contribution in [0.1, 0.15) is 32.8 Å². The molecule has 1 fully saturated rings. The first-order valence-electron chi connectivity index (χ1n) is 6.55. The van der Waals surface area contributed by atoms with Gasteiger partial charge >= 0.3 is 0 Å². The summed E-state index contributed by atoms with van der Waals surface area (Å²) in [6.45, 7) is 8.36. The topological polar surface area (TPSA) is 44.5 Å². The predicted octanol–water partition coefficient (Wildman–Crippen LogP) is 2.48. The molecule has 3 nitrogen and oxygen atoms in total. The van der Waals surface area contributed by atoms with E-state index in [1.807, 2.05) is 19.1 Å². The normalized spacial score (nSPS) is 18.2. The fourth-order valence-corrected chi connectivity index (χ4v) is 2.66. The van der Waals surface area contributed by atoms with Crippen molar-refractivity contribution in [1.29, 1.82) is 0 Å². The van der Waals surface area contributed by atoms with Gasteiger partial charge in [-0.3, -0.25) is 0 Å². The lowest BCUT2D eigenvalue weighted by molar-refractivity contribution is -0.0719. The molecule has 1 aliphatic heterocycles. The van der Waals surface area contributed by atoms with Gasteiger partial charge in [-0.1, -0.05) is 12.1 Å². The zero-order valence-electron chi connectivity index (χ0n) is 11.5. The summed E-state index contributed by atoms with van der Waals surface area (Å²) in [4.78, 5) is 0. The number of benzene rings is 1. The fourth-order valence-electron chi connectivity index (χ4n) is 2.66.